The number of nitrogens with zero attached hydrogens (tertiary/aromatic N) is 6. The summed E-state index contributed by atoms with van der Waals surface area (Å²) in [5.41, 5.74) is 1.28. The van der Waals surface area contributed by atoms with Crippen molar-refractivity contribution in [2.24, 2.45) is 7.05 Å². The van der Waals surface area contributed by atoms with Crippen LogP contribution in [-0.2, 0) is 19.3 Å². The molecular weight excluding hydrogens is 308 g/mol. The van der Waals surface area contributed by atoms with E-state index in [-0.39, 0.29) is 0 Å². The van der Waals surface area contributed by atoms with E-state index in [4.69, 9.17) is 0 Å². The summed E-state index contributed by atoms with van der Waals surface area (Å²) in [5.74, 6) is 2.59. The van der Waals surface area contributed by atoms with Crippen LogP contribution in [0, 0.1) is 0 Å². The minimum absolute atomic E-state index is 0.637. The Morgan fingerprint density at radius 2 is 2.00 bits per heavy atom. The first-order chi connectivity index (χ1) is 11.2. The van der Waals surface area contributed by atoms with E-state index in [1.54, 1.807) is 35.2 Å². The highest BCUT2D eigenvalue weighted by Gasteiger charge is 2.09. The fourth-order valence-electron chi connectivity index (χ4n) is 2.08. The Morgan fingerprint density at radius 1 is 1.17 bits per heavy atom. The molecule has 3 aromatic rings. The van der Waals surface area contributed by atoms with Crippen molar-refractivity contribution in [3.63, 3.8) is 0 Å². The van der Waals surface area contributed by atoms with Gasteiger partial charge >= 0.3 is 0 Å². The summed E-state index contributed by atoms with van der Waals surface area (Å²) < 4.78 is 1.76. The van der Waals surface area contributed by atoms with Crippen LogP contribution in [0.25, 0.3) is 0 Å². The largest absolute Gasteiger partial charge is 0.351 e. The molecule has 0 aliphatic heterocycles. The summed E-state index contributed by atoms with van der Waals surface area (Å²) in [6, 6.07) is 10.4. The van der Waals surface area contributed by atoms with Crippen molar-refractivity contribution in [1.29, 1.82) is 0 Å². The van der Waals surface area contributed by atoms with Crippen LogP contribution in [0.2, 0.25) is 0 Å². The molecule has 0 saturated heterocycles. The van der Waals surface area contributed by atoms with Crippen molar-refractivity contribution in [1.82, 2.24) is 24.7 Å². The second kappa shape index (κ2) is 7.23. The van der Waals surface area contributed by atoms with Crippen LogP contribution >= 0.6 is 11.8 Å². The van der Waals surface area contributed by atoms with Crippen molar-refractivity contribution in [2.75, 3.05) is 11.9 Å². The van der Waals surface area contributed by atoms with Gasteiger partial charge in [0.15, 0.2) is 0 Å². The van der Waals surface area contributed by atoms with Gasteiger partial charge in [-0.2, -0.15) is 5.10 Å². The molecule has 0 spiro atoms. The van der Waals surface area contributed by atoms with Gasteiger partial charge < -0.3 is 4.90 Å². The number of aryl methyl sites for hydroxylation is 1. The zero-order chi connectivity index (χ0) is 16.1. The van der Waals surface area contributed by atoms with Crippen molar-refractivity contribution in [3.8, 4) is 0 Å². The van der Waals surface area contributed by atoms with Crippen LogP contribution in [0.4, 0.5) is 5.82 Å². The second-order valence-corrected chi connectivity index (χ2v) is 6.14. The van der Waals surface area contributed by atoms with E-state index in [0.29, 0.717) is 6.54 Å². The van der Waals surface area contributed by atoms with E-state index in [9.17, 15) is 0 Å². The molecule has 0 radical (unpaired) electrons. The van der Waals surface area contributed by atoms with Crippen LogP contribution < -0.4 is 4.90 Å². The lowest BCUT2D eigenvalue weighted by atomic mass is 10.2. The zero-order valence-corrected chi connectivity index (χ0v) is 13.9. The standard InChI is InChI=1S/C16H18N6S/c1-21(10-15-18-12-19-22(15)2)14-8-17-9-16(20-14)23-11-13-6-4-3-5-7-13/h3-9,12H,10-11H2,1-2H3. The minimum Gasteiger partial charge on any atom is -0.351 e. The topological polar surface area (TPSA) is 59.7 Å². The predicted molar refractivity (Wildman–Crippen MR) is 91.1 cm³/mol. The molecule has 0 fully saturated rings. The molecule has 3 rings (SSSR count). The average molecular weight is 326 g/mol. The molecular formula is C16H18N6S. The lowest BCUT2D eigenvalue weighted by Gasteiger charge is -2.17. The van der Waals surface area contributed by atoms with Gasteiger partial charge in [-0.1, -0.05) is 30.3 Å². The second-order valence-electron chi connectivity index (χ2n) is 5.15. The van der Waals surface area contributed by atoms with E-state index in [1.807, 2.05) is 37.2 Å². The van der Waals surface area contributed by atoms with Crippen molar-refractivity contribution >= 4 is 17.6 Å². The van der Waals surface area contributed by atoms with E-state index in [0.717, 1.165) is 22.4 Å². The number of hydrogen-bond acceptors (Lipinski definition) is 6. The van der Waals surface area contributed by atoms with Gasteiger partial charge in [0, 0.05) is 19.8 Å². The molecule has 2 heterocycles. The van der Waals surface area contributed by atoms with Gasteiger partial charge in [-0.05, 0) is 5.56 Å². The number of hydrogen-bond donors (Lipinski definition) is 0. The molecule has 6 nitrogen and oxygen atoms in total. The van der Waals surface area contributed by atoms with Gasteiger partial charge in [0.2, 0.25) is 0 Å². The van der Waals surface area contributed by atoms with Gasteiger partial charge in [0.05, 0.1) is 18.9 Å². The maximum absolute atomic E-state index is 4.67. The summed E-state index contributed by atoms with van der Waals surface area (Å²) in [7, 11) is 3.86. The highest BCUT2D eigenvalue weighted by Crippen LogP contribution is 2.22. The Kier molecular flexibility index (Phi) is 4.87. The Hall–Kier alpha value is -2.41. The third-order valence-corrected chi connectivity index (χ3v) is 4.37. The molecule has 2 aromatic heterocycles. The van der Waals surface area contributed by atoms with E-state index in [1.165, 1.54) is 5.56 Å². The van der Waals surface area contributed by atoms with E-state index in [2.05, 4.69) is 32.2 Å². The van der Waals surface area contributed by atoms with Crippen molar-refractivity contribution in [2.45, 2.75) is 17.3 Å². The molecule has 0 N–H and O–H groups in total. The Bertz CT molecular complexity index is 758. The number of benzene rings is 1. The molecule has 23 heavy (non-hydrogen) atoms. The summed E-state index contributed by atoms with van der Waals surface area (Å²) >= 11 is 1.68. The zero-order valence-electron chi connectivity index (χ0n) is 13.1. The average Bonchev–Trinajstić information content (AvgIpc) is 2.99. The van der Waals surface area contributed by atoms with Gasteiger partial charge in [-0.3, -0.25) is 9.67 Å². The fraction of sp³-hybridized carbons (Fsp3) is 0.250. The lowest BCUT2D eigenvalue weighted by molar-refractivity contribution is 0.684. The van der Waals surface area contributed by atoms with Gasteiger partial charge in [-0.15, -0.1) is 11.8 Å². The summed E-state index contributed by atoms with van der Waals surface area (Å²) in [5, 5.41) is 5.00. The maximum Gasteiger partial charge on any atom is 0.148 e. The molecule has 0 saturated carbocycles. The van der Waals surface area contributed by atoms with Crippen molar-refractivity contribution in [3.05, 3.63) is 60.4 Å². The molecule has 0 atom stereocenters. The number of aromatic nitrogens is 5. The normalized spacial score (nSPS) is 10.7. The smallest absolute Gasteiger partial charge is 0.148 e. The van der Waals surface area contributed by atoms with E-state index >= 15 is 0 Å². The summed E-state index contributed by atoms with van der Waals surface area (Å²) in [6.07, 6.45) is 5.12. The van der Waals surface area contributed by atoms with Crippen LogP contribution in [-0.4, -0.2) is 31.8 Å². The quantitative estimate of drug-likeness (QED) is 0.649. The molecule has 0 aliphatic carbocycles. The summed E-state index contributed by atoms with van der Waals surface area (Å²) in [4.78, 5) is 15.2. The predicted octanol–water partition coefficient (Wildman–Crippen LogP) is 2.53. The highest BCUT2D eigenvalue weighted by molar-refractivity contribution is 7.98. The number of rotatable bonds is 6. The Labute approximate surface area is 139 Å². The van der Waals surface area contributed by atoms with Crippen LogP contribution in [0.1, 0.15) is 11.4 Å². The fourth-order valence-corrected chi connectivity index (χ4v) is 2.88. The lowest BCUT2D eigenvalue weighted by Crippen LogP contribution is -2.20. The van der Waals surface area contributed by atoms with Crippen LogP contribution in [0.5, 0.6) is 0 Å². The van der Waals surface area contributed by atoms with Gasteiger partial charge in [0.25, 0.3) is 0 Å². The van der Waals surface area contributed by atoms with Gasteiger partial charge in [-0.25, -0.2) is 9.97 Å². The molecule has 7 heteroatoms. The van der Waals surface area contributed by atoms with E-state index < -0.39 is 0 Å². The highest BCUT2D eigenvalue weighted by atomic mass is 32.2. The molecule has 0 aliphatic rings. The Morgan fingerprint density at radius 3 is 2.74 bits per heavy atom. The SMILES string of the molecule is CN(Cc1ncnn1C)c1cncc(SCc2ccccc2)n1. The Balaban J connectivity index is 1.66. The minimum atomic E-state index is 0.637. The molecule has 0 bridgehead atoms. The summed E-state index contributed by atoms with van der Waals surface area (Å²) in [6.45, 7) is 0.637. The third kappa shape index (κ3) is 4.07. The van der Waals surface area contributed by atoms with Crippen LogP contribution in [0.3, 0.4) is 0 Å². The number of anilines is 1. The first kappa shape index (κ1) is 15.5. The third-order valence-electron chi connectivity index (χ3n) is 3.40. The molecule has 0 unspecified atom stereocenters. The molecule has 1 aromatic carbocycles. The van der Waals surface area contributed by atoms with Crippen molar-refractivity contribution < 1.29 is 0 Å². The van der Waals surface area contributed by atoms with Gasteiger partial charge in [0.1, 0.15) is 23.0 Å². The molecule has 118 valence electrons. The first-order valence-electron chi connectivity index (χ1n) is 7.25. The molecule has 0 amide bonds. The number of thioether (sulfide) groups is 1. The monoisotopic (exact) mass is 326 g/mol. The first-order valence-corrected chi connectivity index (χ1v) is 8.24. The maximum atomic E-state index is 4.67. The van der Waals surface area contributed by atoms with Crippen LogP contribution in [0.15, 0.2) is 54.1 Å².